The van der Waals surface area contributed by atoms with Gasteiger partial charge in [-0.25, -0.2) is 23.1 Å². The molecule has 2 aromatic heterocycles. The Balaban J connectivity index is 1.46. The van der Waals surface area contributed by atoms with Crippen LogP contribution < -0.4 is 0 Å². The van der Waals surface area contributed by atoms with Crippen LogP contribution in [0.2, 0.25) is 0 Å². The van der Waals surface area contributed by atoms with E-state index >= 15 is 0 Å². The molecule has 9 nitrogen and oxygen atoms in total. The monoisotopic (exact) mass is 732 g/mol. The van der Waals surface area contributed by atoms with Crippen molar-refractivity contribution in [2.75, 3.05) is 6.54 Å². The van der Waals surface area contributed by atoms with E-state index in [1.807, 2.05) is 76.6 Å². The van der Waals surface area contributed by atoms with Crippen LogP contribution in [0.15, 0.2) is 72.1 Å². The van der Waals surface area contributed by atoms with Crippen molar-refractivity contribution < 1.29 is 26.4 Å². The average Bonchev–Trinajstić information content (AvgIpc) is 3.49. The summed E-state index contributed by atoms with van der Waals surface area (Å²) in [4.78, 5) is 22.1. The van der Waals surface area contributed by atoms with Crippen molar-refractivity contribution in [2.24, 2.45) is 11.3 Å². The number of rotatable bonds is 10. The third kappa shape index (κ3) is 7.00. The van der Waals surface area contributed by atoms with Crippen molar-refractivity contribution >= 4 is 26.8 Å². The number of carbonyl (C=O) groups excluding carboxylic acids is 1. The van der Waals surface area contributed by atoms with Gasteiger partial charge in [-0.1, -0.05) is 62.7 Å². The average molecular weight is 733 g/mol. The fourth-order valence-electron chi connectivity index (χ4n) is 7.40. The highest BCUT2D eigenvalue weighted by Gasteiger charge is 2.41. The molecule has 3 heterocycles. The third-order valence-electron chi connectivity index (χ3n) is 10.6. The topological polar surface area (TPSA) is 111 Å². The molecule has 3 aromatic carbocycles. The zero-order valence-corrected chi connectivity index (χ0v) is 31.0. The quantitative estimate of drug-likeness (QED) is 0.145. The number of aryl methyl sites for hydroxylation is 3. The number of alkyl halides is 3. The molecule has 6 rings (SSSR count). The van der Waals surface area contributed by atoms with Crippen molar-refractivity contribution in [1.82, 2.24) is 29.3 Å². The second-order valence-corrected chi connectivity index (χ2v) is 16.2. The molecule has 1 aliphatic heterocycles. The minimum Gasteiger partial charge on any atom is -0.299 e. The number of hydrogen-bond acceptors (Lipinski definition) is 7. The summed E-state index contributed by atoms with van der Waals surface area (Å²) in [6.07, 6.45) is 1.10. The largest absolute Gasteiger partial charge is 0.416 e. The lowest BCUT2D eigenvalue weighted by molar-refractivity contribution is -0.137. The van der Waals surface area contributed by atoms with Gasteiger partial charge in [-0.2, -0.15) is 17.5 Å². The Hall–Kier alpha value is -4.49. The number of ketones is 1. The first-order valence-corrected chi connectivity index (χ1v) is 18.9. The summed E-state index contributed by atoms with van der Waals surface area (Å²) in [6, 6.07) is 12.8. The van der Waals surface area contributed by atoms with Gasteiger partial charge in [-0.3, -0.25) is 4.79 Å². The molecular weight excluding hydrogens is 690 g/mol. The fourth-order valence-corrected chi connectivity index (χ4v) is 9.16. The molecule has 13 heteroatoms. The normalized spacial score (nSPS) is 17.1. The SMILES string of the molecule is CC[C@H]1Cc2ccc(C(F)(F)F)cc2S(=O)(=O)N(Cc2cc([C@@H](c3ccc4c(nnn4CC)c3C)C(C)(C)C(=O)Cc3cncnc3)ccc2C)C1. The lowest BCUT2D eigenvalue weighted by Crippen LogP contribution is -2.35. The van der Waals surface area contributed by atoms with E-state index in [0.29, 0.717) is 36.1 Å². The van der Waals surface area contributed by atoms with Crippen molar-refractivity contribution in [1.29, 1.82) is 0 Å². The standard InChI is InChI=1S/C39H43F3N6O3S/c1-7-26-15-28-11-12-31(39(40,41)42)18-34(28)52(50,51)47(21-26)22-30-17-29(10-9-24(30)3)36(38(5,6)35(49)16-27-19-43-23-44-20-27)32-13-14-33-37(25(32)4)45-46-48(33)8-2/h9-14,17-20,23,26,36H,7-8,15-16,21-22H2,1-6H3/t26-,36-/m0/s1. The first-order chi connectivity index (χ1) is 24.6. The maximum Gasteiger partial charge on any atom is 0.416 e. The summed E-state index contributed by atoms with van der Waals surface area (Å²) in [7, 11) is -4.30. The Morgan fingerprint density at radius 1 is 1.00 bits per heavy atom. The van der Waals surface area contributed by atoms with Crippen LogP contribution in [0.3, 0.4) is 0 Å². The van der Waals surface area contributed by atoms with Crippen molar-refractivity contribution in [3.05, 3.63) is 112 Å². The number of aromatic nitrogens is 5. The summed E-state index contributed by atoms with van der Waals surface area (Å²) in [5.74, 6) is -0.614. The number of carbonyl (C=O) groups is 1. The summed E-state index contributed by atoms with van der Waals surface area (Å²) in [5, 5.41) is 8.80. The van der Waals surface area contributed by atoms with Gasteiger partial charge in [-0.05, 0) is 90.3 Å². The molecule has 0 fully saturated rings. The molecule has 2 atom stereocenters. The Labute approximate surface area is 302 Å². The highest BCUT2D eigenvalue weighted by molar-refractivity contribution is 7.89. The molecule has 1 aliphatic rings. The second kappa shape index (κ2) is 14.1. The lowest BCUT2D eigenvalue weighted by atomic mass is 9.66. The van der Waals surface area contributed by atoms with Crippen LogP contribution in [0.1, 0.15) is 84.5 Å². The van der Waals surface area contributed by atoms with E-state index in [1.165, 1.54) is 16.7 Å². The summed E-state index contributed by atoms with van der Waals surface area (Å²) in [5.41, 5.74) is 4.81. The lowest BCUT2D eigenvalue weighted by Gasteiger charge is -2.35. The molecule has 0 saturated heterocycles. The van der Waals surface area contributed by atoms with Gasteiger partial charge in [0.15, 0.2) is 0 Å². The summed E-state index contributed by atoms with van der Waals surface area (Å²) >= 11 is 0. The van der Waals surface area contributed by atoms with Gasteiger partial charge >= 0.3 is 6.18 Å². The van der Waals surface area contributed by atoms with Gasteiger partial charge in [-0.15, -0.1) is 5.10 Å². The van der Waals surface area contributed by atoms with E-state index < -0.39 is 33.1 Å². The summed E-state index contributed by atoms with van der Waals surface area (Å²) in [6.45, 7) is 12.4. The Morgan fingerprint density at radius 2 is 1.73 bits per heavy atom. The molecule has 0 aliphatic carbocycles. The molecular formula is C39H43F3N6O3S. The van der Waals surface area contributed by atoms with E-state index in [-0.39, 0.29) is 36.1 Å². The molecule has 0 amide bonds. The van der Waals surface area contributed by atoms with Crippen LogP contribution in [0.5, 0.6) is 0 Å². The fraction of sp³-hybridized carbons (Fsp3) is 0.410. The van der Waals surface area contributed by atoms with E-state index in [9.17, 15) is 26.4 Å². The van der Waals surface area contributed by atoms with Gasteiger partial charge in [0.25, 0.3) is 0 Å². The summed E-state index contributed by atoms with van der Waals surface area (Å²) < 4.78 is 72.9. The van der Waals surface area contributed by atoms with Crippen LogP contribution in [-0.4, -0.2) is 50.0 Å². The third-order valence-corrected chi connectivity index (χ3v) is 12.5. The predicted molar refractivity (Wildman–Crippen MR) is 192 cm³/mol. The number of benzene rings is 3. The van der Waals surface area contributed by atoms with E-state index in [1.54, 1.807) is 12.4 Å². The molecule has 0 bridgehead atoms. The minimum atomic E-state index is -4.69. The van der Waals surface area contributed by atoms with Crippen LogP contribution in [0, 0.1) is 25.2 Å². The van der Waals surface area contributed by atoms with Crippen molar-refractivity contribution in [3.63, 3.8) is 0 Å². The maximum absolute atomic E-state index is 14.3. The zero-order chi connectivity index (χ0) is 37.6. The second-order valence-electron chi connectivity index (χ2n) is 14.3. The van der Waals surface area contributed by atoms with Gasteiger partial charge in [0, 0.05) is 49.8 Å². The number of fused-ring (bicyclic) bond motifs is 2. The Morgan fingerprint density at radius 3 is 2.40 bits per heavy atom. The van der Waals surface area contributed by atoms with Crippen molar-refractivity contribution in [3.8, 4) is 0 Å². The number of hydrogen-bond donors (Lipinski definition) is 0. The van der Waals surface area contributed by atoms with E-state index in [4.69, 9.17) is 0 Å². The molecule has 52 heavy (non-hydrogen) atoms. The first-order valence-electron chi connectivity index (χ1n) is 17.5. The van der Waals surface area contributed by atoms with Crippen LogP contribution >= 0.6 is 0 Å². The van der Waals surface area contributed by atoms with Crippen molar-refractivity contribution in [2.45, 2.75) is 90.9 Å². The Kier molecular flexibility index (Phi) is 10.1. The predicted octanol–water partition coefficient (Wildman–Crippen LogP) is 7.62. The highest BCUT2D eigenvalue weighted by atomic mass is 32.2. The van der Waals surface area contributed by atoms with Gasteiger partial charge in [0.1, 0.15) is 17.6 Å². The van der Waals surface area contributed by atoms with E-state index in [2.05, 4.69) is 20.3 Å². The molecule has 0 unspecified atom stereocenters. The Bertz CT molecular complexity index is 2240. The maximum atomic E-state index is 14.3. The molecule has 0 N–H and O–H groups in total. The van der Waals surface area contributed by atoms with Gasteiger partial charge in [0.2, 0.25) is 10.0 Å². The van der Waals surface area contributed by atoms with Crippen LogP contribution in [0.25, 0.3) is 11.0 Å². The van der Waals surface area contributed by atoms with Gasteiger partial charge < -0.3 is 0 Å². The minimum absolute atomic E-state index is 0.0379. The number of nitrogens with zero attached hydrogens (tertiary/aromatic N) is 6. The number of sulfonamides is 1. The number of halogens is 3. The molecule has 0 saturated carbocycles. The zero-order valence-electron chi connectivity index (χ0n) is 30.2. The molecule has 0 spiro atoms. The highest BCUT2D eigenvalue weighted by Crippen LogP contribution is 2.45. The van der Waals surface area contributed by atoms with Crippen LogP contribution in [0.4, 0.5) is 13.2 Å². The number of Topliss-reactive ketones (excluding diaryl/α,β-unsaturated/α-hetero) is 1. The van der Waals surface area contributed by atoms with Crippen LogP contribution in [-0.2, 0) is 46.9 Å². The molecule has 5 aromatic rings. The smallest absolute Gasteiger partial charge is 0.299 e. The molecule has 274 valence electrons. The van der Waals surface area contributed by atoms with E-state index in [0.717, 1.165) is 45.4 Å². The first kappa shape index (κ1) is 37.3. The van der Waals surface area contributed by atoms with Gasteiger partial charge in [0.05, 0.1) is 16.0 Å². The molecule has 0 radical (unpaired) electrons.